The van der Waals surface area contributed by atoms with Crippen LogP contribution < -0.4 is 5.73 Å². The summed E-state index contributed by atoms with van der Waals surface area (Å²) in [7, 11) is 0. The van der Waals surface area contributed by atoms with Gasteiger partial charge in [0.15, 0.2) is 0 Å². The van der Waals surface area contributed by atoms with Gasteiger partial charge in [-0.1, -0.05) is 12.5 Å². The third-order valence-electron chi connectivity index (χ3n) is 4.77. The lowest BCUT2D eigenvalue weighted by molar-refractivity contribution is -0.132. The van der Waals surface area contributed by atoms with E-state index >= 15 is 0 Å². The van der Waals surface area contributed by atoms with Crippen LogP contribution in [0.5, 0.6) is 0 Å². The van der Waals surface area contributed by atoms with E-state index in [9.17, 15) is 4.79 Å². The summed E-state index contributed by atoms with van der Waals surface area (Å²) < 4.78 is 0. The zero-order valence-corrected chi connectivity index (χ0v) is 13.0. The molecule has 1 amide bonds. The first-order chi connectivity index (χ1) is 9.67. The second-order valence-electron chi connectivity index (χ2n) is 6.07. The summed E-state index contributed by atoms with van der Waals surface area (Å²) >= 11 is 0. The highest BCUT2D eigenvalue weighted by Crippen LogP contribution is 2.24. The molecule has 1 heterocycles. The van der Waals surface area contributed by atoms with E-state index in [0.29, 0.717) is 25.2 Å². The summed E-state index contributed by atoms with van der Waals surface area (Å²) in [4.78, 5) is 16.9. The van der Waals surface area contributed by atoms with Gasteiger partial charge in [0.25, 0.3) is 0 Å². The van der Waals surface area contributed by atoms with Crippen molar-refractivity contribution in [1.82, 2.24) is 9.80 Å². The van der Waals surface area contributed by atoms with Gasteiger partial charge in [-0.3, -0.25) is 9.69 Å². The minimum atomic E-state index is 0.243. The summed E-state index contributed by atoms with van der Waals surface area (Å²) in [5.74, 6) is 0.243. The Kier molecular flexibility index (Phi) is 5.61. The van der Waals surface area contributed by atoms with Crippen LogP contribution in [0.15, 0.2) is 11.8 Å². The third kappa shape index (κ3) is 3.41. The molecule has 4 heteroatoms. The van der Waals surface area contributed by atoms with Crippen LogP contribution in [0, 0.1) is 0 Å². The fourth-order valence-corrected chi connectivity index (χ4v) is 3.56. The minimum Gasteiger partial charge on any atom is -0.329 e. The first kappa shape index (κ1) is 15.5. The number of amides is 1. The van der Waals surface area contributed by atoms with Crippen LogP contribution in [-0.4, -0.2) is 47.4 Å². The average molecular weight is 279 g/mol. The van der Waals surface area contributed by atoms with E-state index in [4.69, 9.17) is 5.73 Å². The molecule has 0 saturated carbocycles. The largest absolute Gasteiger partial charge is 0.329 e. The van der Waals surface area contributed by atoms with Crippen molar-refractivity contribution in [2.45, 2.75) is 64.5 Å². The van der Waals surface area contributed by atoms with Crippen LogP contribution in [0.1, 0.15) is 52.4 Å². The molecule has 2 aliphatic rings. The van der Waals surface area contributed by atoms with Gasteiger partial charge in [-0.15, -0.1) is 0 Å². The molecule has 0 radical (unpaired) electrons. The molecule has 0 aromatic rings. The quantitative estimate of drug-likeness (QED) is 0.838. The summed E-state index contributed by atoms with van der Waals surface area (Å²) in [5, 5.41) is 0. The molecule has 0 spiro atoms. The van der Waals surface area contributed by atoms with E-state index < -0.39 is 0 Å². The van der Waals surface area contributed by atoms with Gasteiger partial charge in [-0.2, -0.15) is 0 Å². The number of nitrogens with two attached hydrogens (primary N) is 1. The van der Waals surface area contributed by atoms with Crippen molar-refractivity contribution in [3.8, 4) is 0 Å². The monoisotopic (exact) mass is 279 g/mol. The van der Waals surface area contributed by atoms with Crippen LogP contribution in [0.25, 0.3) is 0 Å². The zero-order chi connectivity index (χ0) is 14.5. The number of rotatable bonds is 5. The van der Waals surface area contributed by atoms with Gasteiger partial charge in [-0.25, -0.2) is 0 Å². The van der Waals surface area contributed by atoms with Crippen LogP contribution in [0.2, 0.25) is 0 Å². The molecular weight excluding hydrogens is 250 g/mol. The van der Waals surface area contributed by atoms with Crippen molar-refractivity contribution < 1.29 is 4.79 Å². The number of hydrogen-bond acceptors (Lipinski definition) is 3. The van der Waals surface area contributed by atoms with E-state index in [1.54, 1.807) is 0 Å². The number of carbonyl (C=O) groups excluding carboxylic acids is 1. The van der Waals surface area contributed by atoms with Gasteiger partial charge in [0.2, 0.25) is 5.91 Å². The SMILES string of the molecule is CCN(C(=O)CN1C(C)CCCC1CN)C1=CCCC1. The van der Waals surface area contributed by atoms with E-state index in [2.05, 4.69) is 24.8 Å². The third-order valence-corrected chi connectivity index (χ3v) is 4.77. The number of likely N-dealkylation sites (tertiary alicyclic amines) is 1. The Hall–Kier alpha value is -0.870. The van der Waals surface area contributed by atoms with Crippen molar-refractivity contribution in [3.63, 3.8) is 0 Å². The normalized spacial score (nSPS) is 27.4. The Balaban J connectivity index is 2.00. The molecule has 0 bridgehead atoms. The van der Waals surface area contributed by atoms with Crippen LogP contribution >= 0.6 is 0 Å². The molecule has 1 saturated heterocycles. The number of carbonyl (C=O) groups is 1. The highest BCUT2D eigenvalue weighted by Gasteiger charge is 2.30. The van der Waals surface area contributed by atoms with Crippen LogP contribution in [0.4, 0.5) is 0 Å². The maximum Gasteiger partial charge on any atom is 0.240 e. The van der Waals surface area contributed by atoms with Crippen molar-refractivity contribution in [2.75, 3.05) is 19.6 Å². The smallest absolute Gasteiger partial charge is 0.240 e. The molecule has 0 aromatic heterocycles. The molecule has 114 valence electrons. The lowest BCUT2D eigenvalue weighted by Crippen LogP contribution is -2.52. The lowest BCUT2D eigenvalue weighted by Gasteiger charge is -2.40. The molecule has 2 unspecified atom stereocenters. The van der Waals surface area contributed by atoms with E-state index in [-0.39, 0.29) is 5.91 Å². The van der Waals surface area contributed by atoms with Gasteiger partial charge >= 0.3 is 0 Å². The zero-order valence-electron chi connectivity index (χ0n) is 13.0. The Bertz CT molecular complexity index is 367. The molecule has 1 fully saturated rings. The minimum absolute atomic E-state index is 0.243. The second kappa shape index (κ2) is 7.23. The van der Waals surface area contributed by atoms with Crippen molar-refractivity contribution in [3.05, 3.63) is 11.8 Å². The highest BCUT2D eigenvalue weighted by atomic mass is 16.2. The first-order valence-electron chi connectivity index (χ1n) is 8.12. The molecule has 20 heavy (non-hydrogen) atoms. The lowest BCUT2D eigenvalue weighted by atomic mass is 9.96. The first-order valence-corrected chi connectivity index (χ1v) is 8.12. The topological polar surface area (TPSA) is 49.6 Å². The molecule has 1 aliphatic heterocycles. The fourth-order valence-electron chi connectivity index (χ4n) is 3.56. The molecule has 2 N–H and O–H groups in total. The molecule has 1 aliphatic carbocycles. The van der Waals surface area contributed by atoms with Crippen molar-refractivity contribution in [2.24, 2.45) is 5.73 Å². The van der Waals surface area contributed by atoms with Crippen LogP contribution in [-0.2, 0) is 4.79 Å². The van der Waals surface area contributed by atoms with E-state index in [1.807, 2.05) is 4.90 Å². The maximum atomic E-state index is 12.6. The maximum absolute atomic E-state index is 12.6. The Morgan fingerprint density at radius 3 is 2.85 bits per heavy atom. The Labute approximate surface area is 123 Å². The molecule has 2 atom stereocenters. The average Bonchev–Trinajstić information content (AvgIpc) is 2.96. The van der Waals surface area contributed by atoms with Gasteiger partial charge in [0.1, 0.15) is 0 Å². The number of piperidine rings is 1. The van der Waals surface area contributed by atoms with E-state index in [1.165, 1.54) is 25.0 Å². The summed E-state index contributed by atoms with van der Waals surface area (Å²) in [5.41, 5.74) is 7.11. The van der Waals surface area contributed by atoms with Crippen LogP contribution in [0.3, 0.4) is 0 Å². The predicted molar refractivity (Wildman–Crippen MR) is 82.2 cm³/mol. The second-order valence-corrected chi connectivity index (χ2v) is 6.07. The van der Waals surface area contributed by atoms with Gasteiger partial charge < -0.3 is 10.6 Å². The Morgan fingerprint density at radius 1 is 1.45 bits per heavy atom. The van der Waals surface area contributed by atoms with Gasteiger partial charge in [-0.05, 0) is 46.0 Å². The van der Waals surface area contributed by atoms with Gasteiger partial charge in [0, 0.05) is 30.9 Å². The van der Waals surface area contributed by atoms with Crippen molar-refractivity contribution >= 4 is 5.91 Å². The standard InChI is InChI=1S/C16H29N3O/c1-3-18(14-8-4-5-9-14)16(20)12-19-13(2)7-6-10-15(19)11-17/h8,13,15H,3-7,9-12,17H2,1-2H3. The summed E-state index contributed by atoms with van der Waals surface area (Å²) in [6, 6.07) is 0.844. The number of allylic oxidation sites excluding steroid dienone is 2. The summed E-state index contributed by atoms with van der Waals surface area (Å²) in [6.45, 7) is 6.25. The number of nitrogens with zero attached hydrogens (tertiary/aromatic N) is 2. The Morgan fingerprint density at radius 2 is 2.25 bits per heavy atom. The highest BCUT2D eigenvalue weighted by molar-refractivity contribution is 5.80. The van der Waals surface area contributed by atoms with Gasteiger partial charge in [0.05, 0.1) is 6.54 Å². The number of likely N-dealkylation sites (N-methyl/N-ethyl adjacent to an activating group) is 1. The molecule has 4 nitrogen and oxygen atoms in total. The molecular formula is C16H29N3O. The van der Waals surface area contributed by atoms with E-state index in [0.717, 1.165) is 25.8 Å². The number of hydrogen-bond donors (Lipinski definition) is 1. The molecule has 0 aromatic carbocycles. The molecule has 2 rings (SSSR count). The fraction of sp³-hybridized carbons (Fsp3) is 0.812. The summed E-state index contributed by atoms with van der Waals surface area (Å²) in [6.07, 6.45) is 9.12. The predicted octanol–water partition coefficient (Wildman–Crippen LogP) is 2.10. The van der Waals surface area contributed by atoms with Crippen molar-refractivity contribution in [1.29, 1.82) is 0 Å².